The Balaban J connectivity index is 1.27. The van der Waals surface area contributed by atoms with Gasteiger partial charge in [-0.05, 0) is 25.1 Å². The standard InChI is InChI=1S/C33H41NO17/c1-14-23(38)26(41)28(43)32(48-14)47-13-21-24(39)27(42)29(44)33(50-21)51-31-25(40)22-18(37)11-16(35)12-20(22)49-30(31)15-2-3-19(17(36)10-15)46-9-6-34-4-7-45-8-5-34/h2-3,10-12,14,21,23-24,26-29,32-33,35-39,41-44H,4-9,13H2,1H3/t14-,21-,23-,24-,26-,27-,28+,29-,32+,33-/m0/s1. The van der Waals surface area contributed by atoms with E-state index in [4.69, 9.17) is 32.8 Å². The van der Waals surface area contributed by atoms with E-state index in [1.165, 1.54) is 25.1 Å². The summed E-state index contributed by atoms with van der Waals surface area (Å²) >= 11 is 0. The summed E-state index contributed by atoms with van der Waals surface area (Å²) in [5.74, 6) is -2.27. The number of ether oxygens (including phenoxy) is 6. The number of fused-ring (bicyclic) bond motifs is 1. The molecule has 4 heterocycles. The molecule has 0 amide bonds. The number of benzene rings is 2. The smallest absolute Gasteiger partial charge is 0.239 e. The third-order valence-electron chi connectivity index (χ3n) is 9.04. The van der Waals surface area contributed by atoms with Gasteiger partial charge in [-0.2, -0.15) is 0 Å². The van der Waals surface area contributed by atoms with E-state index in [0.29, 0.717) is 19.8 Å². The summed E-state index contributed by atoms with van der Waals surface area (Å²) in [5.41, 5.74) is -1.18. The van der Waals surface area contributed by atoms with Crippen LogP contribution in [0.15, 0.2) is 39.5 Å². The highest BCUT2D eigenvalue weighted by Crippen LogP contribution is 2.40. The number of phenols is 3. The molecule has 0 spiro atoms. The Morgan fingerprint density at radius 3 is 2.25 bits per heavy atom. The van der Waals surface area contributed by atoms with E-state index in [1.54, 1.807) is 0 Å². The Morgan fingerprint density at radius 2 is 1.53 bits per heavy atom. The van der Waals surface area contributed by atoms with Gasteiger partial charge in [0.05, 0.1) is 25.9 Å². The largest absolute Gasteiger partial charge is 0.508 e. The molecule has 1 aromatic heterocycles. The van der Waals surface area contributed by atoms with Gasteiger partial charge in [0.1, 0.15) is 71.8 Å². The number of aromatic hydroxyl groups is 3. The zero-order chi connectivity index (χ0) is 36.6. The van der Waals surface area contributed by atoms with E-state index >= 15 is 0 Å². The number of hydrogen-bond donors (Lipinski definition) is 9. The van der Waals surface area contributed by atoms with Gasteiger partial charge in [-0.25, -0.2) is 0 Å². The van der Waals surface area contributed by atoms with Gasteiger partial charge in [0.25, 0.3) is 0 Å². The van der Waals surface area contributed by atoms with Gasteiger partial charge < -0.3 is 78.8 Å². The van der Waals surface area contributed by atoms with Crippen molar-refractivity contribution in [2.75, 3.05) is 46.1 Å². The van der Waals surface area contributed by atoms with Crippen molar-refractivity contribution in [1.82, 2.24) is 4.90 Å². The van der Waals surface area contributed by atoms with Crippen LogP contribution in [0.25, 0.3) is 22.3 Å². The molecule has 10 atom stereocenters. The third-order valence-corrected chi connectivity index (χ3v) is 9.04. The molecule has 3 aromatic rings. The summed E-state index contributed by atoms with van der Waals surface area (Å²) in [4.78, 5) is 16.0. The van der Waals surface area contributed by atoms with Crippen LogP contribution in [0.4, 0.5) is 0 Å². The minimum absolute atomic E-state index is 0.0638. The van der Waals surface area contributed by atoms with Crippen molar-refractivity contribution in [3.8, 4) is 40.1 Å². The first-order valence-electron chi connectivity index (χ1n) is 16.3. The minimum atomic E-state index is -1.96. The fourth-order valence-electron chi connectivity index (χ4n) is 6.06. The summed E-state index contributed by atoms with van der Waals surface area (Å²) in [5, 5.41) is 93.6. The molecule has 3 aliphatic rings. The Morgan fingerprint density at radius 1 is 0.824 bits per heavy atom. The Hall–Kier alpha value is -3.79. The fraction of sp³-hybridized carbons (Fsp3) is 0.545. The maximum atomic E-state index is 13.9. The van der Waals surface area contributed by atoms with Crippen LogP contribution in [0.2, 0.25) is 0 Å². The molecule has 0 saturated carbocycles. The van der Waals surface area contributed by atoms with Crippen molar-refractivity contribution in [2.45, 2.75) is 68.3 Å². The predicted molar refractivity (Wildman–Crippen MR) is 171 cm³/mol. The number of phenolic OH excluding ortho intramolecular Hbond substituents is 3. The van der Waals surface area contributed by atoms with Crippen LogP contribution in [0.3, 0.4) is 0 Å². The van der Waals surface area contributed by atoms with Crippen molar-refractivity contribution in [2.24, 2.45) is 0 Å². The summed E-state index contributed by atoms with van der Waals surface area (Å²) in [6.45, 7) is 4.41. The monoisotopic (exact) mass is 723 g/mol. The maximum Gasteiger partial charge on any atom is 0.239 e. The van der Waals surface area contributed by atoms with E-state index in [-0.39, 0.29) is 35.0 Å². The summed E-state index contributed by atoms with van der Waals surface area (Å²) in [7, 11) is 0. The average Bonchev–Trinajstić information content (AvgIpc) is 3.10. The average molecular weight is 724 g/mol. The van der Waals surface area contributed by atoms with Crippen LogP contribution in [0.5, 0.6) is 28.7 Å². The molecule has 280 valence electrons. The number of morpholine rings is 1. The van der Waals surface area contributed by atoms with E-state index in [9.17, 15) is 50.8 Å². The van der Waals surface area contributed by atoms with Crippen molar-refractivity contribution in [1.29, 1.82) is 0 Å². The molecule has 18 heteroatoms. The van der Waals surface area contributed by atoms with E-state index in [2.05, 4.69) is 4.90 Å². The van der Waals surface area contributed by atoms with Crippen LogP contribution in [-0.4, -0.2) is 158 Å². The predicted octanol–water partition coefficient (Wildman–Crippen LogP) is -1.68. The first kappa shape index (κ1) is 37.0. The molecule has 0 unspecified atom stereocenters. The minimum Gasteiger partial charge on any atom is -0.508 e. The summed E-state index contributed by atoms with van der Waals surface area (Å²) in [6, 6.07) is 6.06. The van der Waals surface area contributed by atoms with Gasteiger partial charge in [0, 0.05) is 37.3 Å². The van der Waals surface area contributed by atoms with Gasteiger partial charge in [-0.15, -0.1) is 0 Å². The first-order valence-corrected chi connectivity index (χ1v) is 16.3. The number of aliphatic hydroxyl groups excluding tert-OH is 6. The maximum absolute atomic E-state index is 13.9. The highest BCUT2D eigenvalue weighted by atomic mass is 16.7. The second-order valence-electron chi connectivity index (χ2n) is 12.6. The molecule has 51 heavy (non-hydrogen) atoms. The normalized spacial score (nSPS) is 31.8. The van der Waals surface area contributed by atoms with Gasteiger partial charge >= 0.3 is 0 Å². The molecule has 3 saturated heterocycles. The molecule has 9 N–H and O–H groups in total. The first-order chi connectivity index (χ1) is 24.3. The quantitative estimate of drug-likeness (QED) is 0.113. The molecular formula is C33H41NO17. The molecule has 3 fully saturated rings. The fourth-order valence-corrected chi connectivity index (χ4v) is 6.06. The zero-order valence-electron chi connectivity index (χ0n) is 27.3. The number of hydrogen-bond acceptors (Lipinski definition) is 18. The van der Waals surface area contributed by atoms with Crippen molar-refractivity contribution >= 4 is 11.0 Å². The molecular weight excluding hydrogens is 682 g/mol. The molecule has 3 aliphatic heterocycles. The summed E-state index contributed by atoms with van der Waals surface area (Å²) in [6.07, 6.45) is -16.1. The lowest BCUT2D eigenvalue weighted by Crippen LogP contribution is -2.61. The highest BCUT2D eigenvalue weighted by molar-refractivity contribution is 5.88. The molecule has 0 aliphatic carbocycles. The lowest BCUT2D eigenvalue weighted by molar-refractivity contribution is -0.318. The Kier molecular flexibility index (Phi) is 11.2. The molecule has 6 rings (SSSR count). The molecule has 2 aromatic carbocycles. The van der Waals surface area contributed by atoms with Gasteiger partial charge in [0.2, 0.25) is 17.5 Å². The van der Waals surface area contributed by atoms with Crippen LogP contribution < -0.4 is 14.9 Å². The molecule has 0 radical (unpaired) electrons. The molecule has 18 nitrogen and oxygen atoms in total. The van der Waals surface area contributed by atoms with E-state index in [0.717, 1.165) is 25.2 Å². The number of rotatable bonds is 10. The van der Waals surface area contributed by atoms with Crippen LogP contribution in [0, 0.1) is 0 Å². The van der Waals surface area contributed by atoms with Gasteiger partial charge in [-0.1, -0.05) is 0 Å². The number of nitrogens with zero attached hydrogens (tertiary/aromatic N) is 1. The highest BCUT2D eigenvalue weighted by Gasteiger charge is 2.48. The van der Waals surface area contributed by atoms with Crippen molar-refractivity contribution in [3.63, 3.8) is 0 Å². The van der Waals surface area contributed by atoms with Crippen LogP contribution >= 0.6 is 0 Å². The van der Waals surface area contributed by atoms with Crippen molar-refractivity contribution in [3.05, 3.63) is 40.6 Å². The SMILES string of the molecule is C[C@@H]1O[C@@H](OC[C@@H]2O[C@@H](Oc3c(-c4ccc(OCCN5CCOCC5)c(O)c4)oc4cc(O)cc(O)c4c3=O)[C@@H](O)[C@@H](O)[C@H]2O)[C@H](O)[C@@H](O)[C@H]1O. The second-order valence-corrected chi connectivity index (χ2v) is 12.6. The Labute approximate surface area is 289 Å². The lowest BCUT2D eigenvalue weighted by atomic mass is 9.98. The van der Waals surface area contributed by atoms with Gasteiger partial charge in [0.15, 0.2) is 23.5 Å². The topological polar surface area (TPSA) is 271 Å². The lowest BCUT2D eigenvalue weighted by Gasteiger charge is -2.42. The third kappa shape index (κ3) is 7.71. The van der Waals surface area contributed by atoms with Crippen molar-refractivity contribution < 1.29 is 78.8 Å². The Bertz CT molecular complexity index is 1730. The zero-order valence-corrected chi connectivity index (χ0v) is 27.3. The van der Waals surface area contributed by atoms with Crippen LogP contribution in [0.1, 0.15) is 6.92 Å². The summed E-state index contributed by atoms with van der Waals surface area (Å²) < 4.78 is 39.5. The van der Waals surface area contributed by atoms with E-state index in [1.807, 2.05) is 0 Å². The van der Waals surface area contributed by atoms with Crippen LogP contribution in [-0.2, 0) is 18.9 Å². The van der Waals surface area contributed by atoms with Gasteiger partial charge in [-0.3, -0.25) is 9.69 Å². The van der Waals surface area contributed by atoms with E-state index < -0.39 is 96.1 Å². The second kappa shape index (κ2) is 15.4. The molecule has 0 bridgehead atoms. The number of aliphatic hydroxyl groups is 6.